The second-order valence-electron chi connectivity index (χ2n) is 4.90. The average molecular weight is 225 g/mol. The minimum Gasteiger partial charge on any atom is -0.443 e. The Morgan fingerprint density at radius 2 is 2.12 bits per heavy atom. The lowest BCUT2D eigenvalue weighted by molar-refractivity contribution is -0.125. The molecular weight excluding hydrogens is 206 g/mol. The van der Waals surface area contributed by atoms with Crippen molar-refractivity contribution in [1.82, 2.24) is 4.90 Å². The Hall–Kier alpha value is -1.32. The summed E-state index contributed by atoms with van der Waals surface area (Å²) in [5.41, 5.74) is -0.573. The van der Waals surface area contributed by atoms with E-state index in [1.807, 2.05) is 6.92 Å². The van der Waals surface area contributed by atoms with E-state index in [9.17, 15) is 9.59 Å². The number of hydrogen-bond donors (Lipinski definition) is 0. The van der Waals surface area contributed by atoms with Gasteiger partial charge in [0.2, 0.25) is 0 Å². The largest absolute Gasteiger partial charge is 0.443 e. The Bertz CT molecular complexity index is 315. The van der Waals surface area contributed by atoms with Crippen molar-refractivity contribution in [3.05, 3.63) is 12.2 Å². The molecule has 0 radical (unpaired) electrons. The lowest BCUT2D eigenvalue weighted by atomic mass is 10.1. The molecule has 1 unspecified atom stereocenters. The summed E-state index contributed by atoms with van der Waals surface area (Å²) >= 11 is 0. The van der Waals surface area contributed by atoms with Gasteiger partial charge >= 0.3 is 6.09 Å². The standard InChI is InChI=1S/C12H19NO3/c1-5-6-9-7-8-10(14)13(9)11(15)16-12(2,3)4/h7-9H,5-6H2,1-4H3. The number of carbonyl (C=O) groups is 2. The van der Waals surface area contributed by atoms with E-state index < -0.39 is 11.7 Å². The average Bonchev–Trinajstić information content (AvgIpc) is 2.44. The first-order chi connectivity index (χ1) is 7.35. The van der Waals surface area contributed by atoms with Gasteiger partial charge in [-0.25, -0.2) is 9.69 Å². The van der Waals surface area contributed by atoms with Crippen LogP contribution >= 0.6 is 0 Å². The molecule has 0 saturated carbocycles. The van der Waals surface area contributed by atoms with Gasteiger partial charge in [-0.15, -0.1) is 0 Å². The molecule has 0 saturated heterocycles. The van der Waals surface area contributed by atoms with E-state index in [0.717, 1.165) is 12.8 Å². The second-order valence-corrected chi connectivity index (χ2v) is 4.90. The van der Waals surface area contributed by atoms with E-state index in [0.29, 0.717) is 0 Å². The van der Waals surface area contributed by atoms with Gasteiger partial charge in [0, 0.05) is 6.08 Å². The maximum absolute atomic E-state index is 11.8. The van der Waals surface area contributed by atoms with Crippen molar-refractivity contribution in [3.8, 4) is 0 Å². The van der Waals surface area contributed by atoms with Crippen LogP contribution in [0.2, 0.25) is 0 Å². The third-order valence-corrected chi connectivity index (χ3v) is 2.20. The Kier molecular flexibility index (Phi) is 3.73. The van der Waals surface area contributed by atoms with Crippen LogP contribution < -0.4 is 0 Å². The van der Waals surface area contributed by atoms with Crippen LogP contribution in [0, 0.1) is 0 Å². The molecule has 4 nitrogen and oxygen atoms in total. The van der Waals surface area contributed by atoms with E-state index in [2.05, 4.69) is 0 Å². The number of rotatable bonds is 2. The molecule has 0 fully saturated rings. The van der Waals surface area contributed by atoms with E-state index in [1.165, 1.54) is 11.0 Å². The van der Waals surface area contributed by atoms with Crippen LogP contribution in [-0.4, -0.2) is 28.5 Å². The quantitative estimate of drug-likeness (QED) is 0.725. The van der Waals surface area contributed by atoms with Crippen molar-refractivity contribution in [3.63, 3.8) is 0 Å². The van der Waals surface area contributed by atoms with Crippen molar-refractivity contribution in [1.29, 1.82) is 0 Å². The summed E-state index contributed by atoms with van der Waals surface area (Å²) in [5, 5.41) is 0. The number of hydrogen-bond acceptors (Lipinski definition) is 3. The molecule has 90 valence electrons. The van der Waals surface area contributed by atoms with Crippen LogP contribution in [0.25, 0.3) is 0 Å². The first-order valence-electron chi connectivity index (χ1n) is 5.59. The van der Waals surface area contributed by atoms with Gasteiger partial charge in [-0.1, -0.05) is 19.4 Å². The first kappa shape index (κ1) is 12.7. The Morgan fingerprint density at radius 3 is 2.62 bits per heavy atom. The smallest absolute Gasteiger partial charge is 0.417 e. The Labute approximate surface area is 96.3 Å². The maximum atomic E-state index is 11.8. The van der Waals surface area contributed by atoms with Gasteiger partial charge in [-0.2, -0.15) is 0 Å². The highest BCUT2D eigenvalue weighted by molar-refractivity contribution is 6.01. The highest BCUT2D eigenvalue weighted by Gasteiger charge is 2.34. The van der Waals surface area contributed by atoms with Gasteiger partial charge in [-0.05, 0) is 27.2 Å². The van der Waals surface area contributed by atoms with Gasteiger partial charge in [-0.3, -0.25) is 4.79 Å². The minimum absolute atomic E-state index is 0.146. The highest BCUT2D eigenvalue weighted by atomic mass is 16.6. The fourth-order valence-electron chi connectivity index (χ4n) is 1.58. The zero-order valence-corrected chi connectivity index (χ0v) is 10.3. The molecule has 0 spiro atoms. The summed E-state index contributed by atoms with van der Waals surface area (Å²) in [6.45, 7) is 7.37. The molecule has 0 aromatic heterocycles. The zero-order chi connectivity index (χ0) is 12.3. The molecule has 1 atom stereocenters. The van der Waals surface area contributed by atoms with E-state index >= 15 is 0 Å². The topological polar surface area (TPSA) is 46.6 Å². The van der Waals surface area contributed by atoms with Crippen LogP contribution in [-0.2, 0) is 9.53 Å². The fraction of sp³-hybridized carbons (Fsp3) is 0.667. The highest BCUT2D eigenvalue weighted by Crippen LogP contribution is 2.19. The van der Waals surface area contributed by atoms with Crippen molar-refractivity contribution in [2.24, 2.45) is 0 Å². The van der Waals surface area contributed by atoms with Gasteiger partial charge in [0.25, 0.3) is 5.91 Å². The number of nitrogens with zero attached hydrogens (tertiary/aromatic N) is 1. The van der Waals surface area contributed by atoms with Crippen LogP contribution in [0.3, 0.4) is 0 Å². The Balaban J connectivity index is 2.70. The number of ether oxygens (including phenoxy) is 1. The molecule has 4 heteroatoms. The van der Waals surface area contributed by atoms with Crippen molar-refractivity contribution in [2.75, 3.05) is 0 Å². The molecule has 0 bridgehead atoms. The zero-order valence-electron chi connectivity index (χ0n) is 10.3. The third kappa shape index (κ3) is 3.08. The molecule has 16 heavy (non-hydrogen) atoms. The van der Waals surface area contributed by atoms with E-state index in [4.69, 9.17) is 4.74 Å². The summed E-state index contributed by atoms with van der Waals surface area (Å²) in [4.78, 5) is 24.5. The summed E-state index contributed by atoms with van der Waals surface area (Å²) < 4.78 is 5.19. The summed E-state index contributed by atoms with van der Waals surface area (Å²) in [7, 11) is 0. The first-order valence-corrected chi connectivity index (χ1v) is 5.59. The predicted octanol–water partition coefficient (Wildman–Crippen LogP) is 2.49. The van der Waals surface area contributed by atoms with Crippen molar-refractivity contribution in [2.45, 2.75) is 52.2 Å². The van der Waals surface area contributed by atoms with Crippen LogP contribution in [0.15, 0.2) is 12.2 Å². The maximum Gasteiger partial charge on any atom is 0.417 e. The van der Waals surface area contributed by atoms with Crippen molar-refractivity contribution < 1.29 is 14.3 Å². The van der Waals surface area contributed by atoms with E-state index in [1.54, 1.807) is 26.8 Å². The molecule has 1 rings (SSSR count). The van der Waals surface area contributed by atoms with Gasteiger partial charge in [0.15, 0.2) is 0 Å². The number of amides is 2. The Morgan fingerprint density at radius 1 is 1.50 bits per heavy atom. The third-order valence-electron chi connectivity index (χ3n) is 2.20. The molecule has 0 aromatic rings. The lowest BCUT2D eigenvalue weighted by Crippen LogP contribution is -2.42. The lowest BCUT2D eigenvalue weighted by Gasteiger charge is -2.27. The van der Waals surface area contributed by atoms with Crippen molar-refractivity contribution >= 4 is 12.0 Å². The summed E-state index contributed by atoms with van der Waals surface area (Å²) in [5.74, 6) is -0.285. The van der Waals surface area contributed by atoms with Gasteiger partial charge in [0.05, 0.1) is 6.04 Å². The molecule has 0 aromatic carbocycles. The molecule has 0 aliphatic carbocycles. The molecular formula is C12H19NO3. The number of carbonyl (C=O) groups excluding carboxylic acids is 2. The monoisotopic (exact) mass is 225 g/mol. The van der Waals surface area contributed by atoms with Crippen LogP contribution in [0.5, 0.6) is 0 Å². The van der Waals surface area contributed by atoms with Crippen LogP contribution in [0.4, 0.5) is 4.79 Å². The molecule has 1 aliphatic heterocycles. The fourth-order valence-corrected chi connectivity index (χ4v) is 1.58. The molecule has 1 heterocycles. The summed E-state index contributed by atoms with van der Waals surface area (Å²) in [6.07, 6.45) is 4.34. The van der Waals surface area contributed by atoms with E-state index in [-0.39, 0.29) is 11.9 Å². The normalized spacial score (nSPS) is 20.4. The molecule has 1 aliphatic rings. The minimum atomic E-state index is -0.573. The van der Waals surface area contributed by atoms with Gasteiger partial charge in [0.1, 0.15) is 5.60 Å². The van der Waals surface area contributed by atoms with Crippen LogP contribution in [0.1, 0.15) is 40.5 Å². The SMILES string of the molecule is CCCC1C=CC(=O)N1C(=O)OC(C)(C)C. The molecule has 2 amide bonds. The molecule has 0 N–H and O–H groups in total. The summed E-state index contributed by atoms with van der Waals surface area (Å²) in [6, 6.07) is -0.146. The predicted molar refractivity (Wildman–Crippen MR) is 60.9 cm³/mol. The van der Waals surface area contributed by atoms with Gasteiger partial charge < -0.3 is 4.74 Å². The number of imide groups is 1. The second kappa shape index (κ2) is 4.68.